The van der Waals surface area contributed by atoms with E-state index in [1.54, 1.807) is 6.92 Å². The zero-order valence-corrected chi connectivity index (χ0v) is 12.1. The molecule has 0 spiro atoms. The molecule has 18 heavy (non-hydrogen) atoms. The maximum Gasteiger partial charge on any atom is 0.329 e. The minimum atomic E-state index is -0.836. The number of nitrogens with one attached hydrogen (secondary N) is 2. The average Bonchev–Trinajstić information content (AvgIpc) is 2.32. The molecule has 0 unspecified atom stereocenters. The van der Waals surface area contributed by atoms with Crippen LogP contribution in [0.4, 0.5) is 0 Å². The molecule has 0 rings (SSSR count). The van der Waals surface area contributed by atoms with Crippen molar-refractivity contribution in [2.24, 2.45) is 0 Å². The molecule has 2 N–H and O–H groups in total. The predicted molar refractivity (Wildman–Crippen MR) is 73.9 cm³/mol. The Morgan fingerprint density at radius 1 is 1.11 bits per heavy atom. The summed E-state index contributed by atoms with van der Waals surface area (Å²) >= 11 is 7.93. The van der Waals surface area contributed by atoms with Crippen molar-refractivity contribution in [2.75, 3.05) is 18.1 Å². The minimum absolute atomic E-state index is 0.115. The van der Waals surface area contributed by atoms with Crippen molar-refractivity contribution in [3.8, 4) is 0 Å². The van der Waals surface area contributed by atoms with Crippen molar-refractivity contribution in [3.63, 3.8) is 0 Å². The fraction of sp³-hybridized carbons (Fsp3) is 0.700. The first kappa shape index (κ1) is 17.1. The van der Waals surface area contributed by atoms with Gasteiger partial charge in [0, 0.05) is 18.4 Å². The highest BCUT2D eigenvalue weighted by molar-refractivity contribution is 7.80. The second-order valence-corrected chi connectivity index (χ2v) is 4.16. The third-order valence-corrected chi connectivity index (χ3v) is 2.68. The van der Waals surface area contributed by atoms with Crippen LogP contribution in [0.3, 0.4) is 0 Å². The van der Waals surface area contributed by atoms with Gasteiger partial charge in [0.2, 0.25) is 11.8 Å². The predicted octanol–water partition coefficient (Wildman–Crippen LogP) is -0.601. The van der Waals surface area contributed by atoms with Gasteiger partial charge in [-0.05, 0) is 6.92 Å². The highest BCUT2D eigenvalue weighted by Crippen LogP contribution is 1.96. The van der Waals surface area contributed by atoms with Crippen LogP contribution in [-0.2, 0) is 19.1 Å². The third kappa shape index (κ3) is 6.15. The number of thiol groups is 2. The van der Waals surface area contributed by atoms with Crippen LogP contribution in [0.5, 0.6) is 0 Å². The number of amides is 2. The van der Waals surface area contributed by atoms with E-state index in [0.717, 1.165) is 0 Å². The molecule has 0 fully saturated rings. The lowest BCUT2D eigenvalue weighted by Gasteiger charge is -2.19. The molecular weight excluding hydrogens is 276 g/mol. The summed E-state index contributed by atoms with van der Waals surface area (Å²) in [5.41, 5.74) is 0. The number of esters is 1. The lowest BCUT2D eigenvalue weighted by molar-refractivity contribution is -0.146. The van der Waals surface area contributed by atoms with E-state index < -0.39 is 24.0 Å². The molecule has 2 amide bonds. The van der Waals surface area contributed by atoms with Crippen molar-refractivity contribution < 1.29 is 19.1 Å². The van der Waals surface area contributed by atoms with Crippen LogP contribution >= 0.6 is 25.3 Å². The second kappa shape index (κ2) is 9.09. The van der Waals surface area contributed by atoms with Crippen LogP contribution in [0.2, 0.25) is 0 Å². The van der Waals surface area contributed by atoms with Gasteiger partial charge in [0.1, 0.15) is 12.1 Å². The lowest BCUT2D eigenvalue weighted by Crippen LogP contribution is -2.53. The number of hydrogen-bond acceptors (Lipinski definition) is 6. The Kier molecular flexibility index (Phi) is 8.65. The number of carbonyl (C=O) groups is 3. The molecule has 0 aromatic carbocycles. The highest BCUT2D eigenvalue weighted by atomic mass is 32.1. The molecule has 0 heterocycles. The summed E-state index contributed by atoms with van der Waals surface area (Å²) in [6.45, 7) is 3.19. The van der Waals surface area contributed by atoms with Gasteiger partial charge in [-0.3, -0.25) is 9.59 Å². The van der Waals surface area contributed by atoms with Gasteiger partial charge in [0.25, 0.3) is 0 Å². The topological polar surface area (TPSA) is 84.5 Å². The maximum absolute atomic E-state index is 11.8. The molecule has 0 radical (unpaired) electrons. The van der Waals surface area contributed by atoms with E-state index in [2.05, 4.69) is 35.9 Å². The van der Waals surface area contributed by atoms with Crippen molar-refractivity contribution in [1.82, 2.24) is 10.6 Å². The molecule has 0 aliphatic rings. The van der Waals surface area contributed by atoms with Crippen molar-refractivity contribution in [1.29, 1.82) is 0 Å². The Labute approximate surface area is 117 Å². The summed E-state index contributed by atoms with van der Waals surface area (Å²) in [6, 6.07) is -1.63. The summed E-state index contributed by atoms with van der Waals surface area (Å²) in [4.78, 5) is 34.1. The van der Waals surface area contributed by atoms with Gasteiger partial charge in [-0.1, -0.05) is 0 Å². The largest absolute Gasteiger partial charge is 0.464 e. The number of rotatable bonds is 7. The van der Waals surface area contributed by atoms with Crippen molar-refractivity contribution >= 4 is 43.0 Å². The van der Waals surface area contributed by atoms with Crippen molar-refractivity contribution in [3.05, 3.63) is 0 Å². The third-order valence-electron chi connectivity index (χ3n) is 1.95. The molecule has 0 aliphatic heterocycles. The summed E-state index contributed by atoms with van der Waals surface area (Å²) in [5, 5.41) is 4.88. The first-order chi connectivity index (χ1) is 8.46. The van der Waals surface area contributed by atoms with Crippen LogP contribution in [0.15, 0.2) is 0 Å². The van der Waals surface area contributed by atoms with Crippen molar-refractivity contribution in [2.45, 2.75) is 25.9 Å². The van der Waals surface area contributed by atoms with Gasteiger partial charge in [0.15, 0.2) is 0 Å². The monoisotopic (exact) mass is 294 g/mol. The Hall–Kier alpha value is -0.890. The normalized spacial score (nSPS) is 13.3. The Bertz CT molecular complexity index is 312. The number of ether oxygens (including phenoxy) is 1. The van der Waals surface area contributed by atoms with Crippen LogP contribution in [0, 0.1) is 0 Å². The van der Waals surface area contributed by atoms with Crippen LogP contribution in [0.1, 0.15) is 13.8 Å². The van der Waals surface area contributed by atoms with Gasteiger partial charge >= 0.3 is 5.97 Å². The van der Waals surface area contributed by atoms with E-state index in [9.17, 15) is 14.4 Å². The summed E-state index contributed by atoms with van der Waals surface area (Å²) in [5.74, 6) is -1.14. The zero-order chi connectivity index (χ0) is 14.1. The number of hydrogen-bond donors (Lipinski definition) is 4. The maximum atomic E-state index is 11.8. The molecule has 104 valence electrons. The molecule has 0 saturated heterocycles. The Balaban J connectivity index is 4.48. The molecular formula is C10H18N2O4S2. The average molecular weight is 294 g/mol. The van der Waals surface area contributed by atoms with Crippen LogP contribution in [0.25, 0.3) is 0 Å². The van der Waals surface area contributed by atoms with E-state index in [0.29, 0.717) is 0 Å². The van der Waals surface area contributed by atoms with E-state index in [1.165, 1.54) is 6.92 Å². The smallest absolute Gasteiger partial charge is 0.329 e. The summed E-state index contributed by atoms with van der Waals surface area (Å²) < 4.78 is 4.78. The fourth-order valence-corrected chi connectivity index (χ4v) is 1.63. The fourth-order valence-electron chi connectivity index (χ4n) is 1.13. The van der Waals surface area contributed by atoms with Gasteiger partial charge in [0.05, 0.1) is 6.61 Å². The van der Waals surface area contributed by atoms with Gasteiger partial charge in [-0.25, -0.2) is 4.79 Å². The number of carbonyl (C=O) groups excluding carboxylic acids is 3. The molecule has 0 aliphatic carbocycles. The first-order valence-corrected chi connectivity index (χ1v) is 6.68. The molecule has 6 nitrogen and oxygen atoms in total. The van der Waals surface area contributed by atoms with Gasteiger partial charge < -0.3 is 15.4 Å². The molecule has 0 saturated carbocycles. The van der Waals surface area contributed by atoms with Crippen LogP contribution < -0.4 is 10.6 Å². The van der Waals surface area contributed by atoms with E-state index in [-0.39, 0.29) is 24.0 Å². The Morgan fingerprint density at radius 3 is 2.06 bits per heavy atom. The molecule has 0 aromatic rings. The van der Waals surface area contributed by atoms with Crippen LogP contribution in [-0.4, -0.2) is 48.0 Å². The highest BCUT2D eigenvalue weighted by Gasteiger charge is 2.25. The molecule has 2 atom stereocenters. The molecule has 8 heteroatoms. The van der Waals surface area contributed by atoms with E-state index in [1.807, 2.05) is 0 Å². The minimum Gasteiger partial charge on any atom is -0.464 e. The SMILES string of the molecule is CCOC(=O)[C@@H](CS)NC(=O)[C@H](CS)NC(C)=O. The second-order valence-electron chi connectivity index (χ2n) is 3.43. The Morgan fingerprint density at radius 2 is 1.67 bits per heavy atom. The summed E-state index contributed by atoms with van der Waals surface area (Å²) in [7, 11) is 0. The molecule has 0 aromatic heterocycles. The first-order valence-electron chi connectivity index (χ1n) is 5.42. The lowest BCUT2D eigenvalue weighted by atomic mass is 10.2. The van der Waals surface area contributed by atoms with Gasteiger partial charge in [-0.15, -0.1) is 0 Å². The summed E-state index contributed by atoms with van der Waals surface area (Å²) in [6.07, 6.45) is 0. The van der Waals surface area contributed by atoms with E-state index >= 15 is 0 Å². The quantitative estimate of drug-likeness (QED) is 0.373. The molecule has 0 bridgehead atoms. The zero-order valence-electron chi connectivity index (χ0n) is 10.3. The standard InChI is InChI=1S/C10H18N2O4S2/c1-3-16-10(15)8(5-18)12-9(14)7(4-17)11-6(2)13/h7-8,17-18H,3-5H2,1-2H3,(H,11,13)(H,12,14)/t7-,8+/m0/s1. The van der Waals surface area contributed by atoms with E-state index in [4.69, 9.17) is 4.74 Å². The van der Waals surface area contributed by atoms with Gasteiger partial charge in [-0.2, -0.15) is 25.3 Å².